The number of urea groups is 1. The van der Waals surface area contributed by atoms with Gasteiger partial charge in [0.05, 0.1) is 29.5 Å². The zero-order valence-electron chi connectivity index (χ0n) is 16.9. The predicted octanol–water partition coefficient (Wildman–Crippen LogP) is 4.62. The first-order valence-electron chi connectivity index (χ1n) is 9.90. The monoisotopic (exact) mass is 406 g/mol. The highest BCUT2D eigenvalue weighted by molar-refractivity contribution is 6.03. The lowest BCUT2D eigenvalue weighted by molar-refractivity contribution is 0.254. The molecule has 1 atom stereocenters. The largest absolute Gasteiger partial charge is 0.382 e. The number of carbonyl (C=O) groups is 1. The average Bonchev–Trinajstić information content (AvgIpc) is 2.71. The molecule has 2 N–H and O–H groups in total. The molecule has 4 heterocycles. The first-order chi connectivity index (χ1) is 14.5. The molecule has 1 aliphatic rings. The van der Waals surface area contributed by atoms with Crippen LogP contribution in [0.25, 0.3) is 11.3 Å². The summed E-state index contributed by atoms with van der Waals surface area (Å²) in [5, 5.41) is 6.10. The van der Waals surface area contributed by atoms with Crippen molar-refractivity contribution < 1.29 is 9.18 Å². The van der Waals surface area contributed by atoms with Gasteiger partial charge in [-0.2, -0.15) is 0 Å². The summed E-state index contributed by atoms with van der Waals surface area (Å²) in [6.07, 6.45) is 6.00. The van der Waals surface area contributed by atoms with E-state index < -0.39 is 5.82 Å². The number of amides is 2. The van der Waals surface area contributed by atoms with Crippen LogP contribution < -0.4 is 15.5 Å². The fourth-order valence-electron chi connectivity index (χ4n) is 3.47. The molecule has 8 heteroatoms. The number of pyridine rings is 3. The van der Waals surface area contributed by atoms with Crippen LogP contribution in [0, 0.1) is 12.7 Å². The molecule has 0 saturated heterocycles. The first kappa shape index (κ1) is 19.8. The zero-order valence-corrected chi connectivity index (χ0v) is 16.9. The summed E-state index contributed by atoms with van der Waals surface area (Å²) in [6, 6.07) is 8.49. The summed E-state index contributed by atoms with van der Waals surface area (Å²) < 4.78 is 13.5. The molecule has 154 valence electrons. The van der Waals surface area contributed by atoms with Gasteiger partial charge in [0.15, 0.2) is 5.82 Å². The van der Waals surface area contributed by atoms with Gasteiger partial charge >= 0.3 is 6.03 Å². The van der Waals surface area contributed by atoms with Crippen LogP contribution in [0.15, 0.2) is 48.9 Å². The highest BCUT2D eigenvalue weighted by atomic mass is 19.1. The van der Waals surface area contributed by atoms with Gasteiger partial charge in [-0.3, -0.25) is 14.9 Å². The Labute approximate surface area is 174 Å². The zero-order chi connectivity index (χ0) is 21.1. The number of carbonyl (C=O) groups excluding carboxylic acids is 1. The van der Waals surface area contributed by atoms with E-state index in [-0.39, 0.29) is 12.1 Å². The Morgan fingerprint density at radius 3 is 2.87 bits per heavy atom. The van der Waals surface area contributed by atoms with Crippen molar-refractivity contribution in [2.45, 2.75) is 32.7 Å². The Morgan fingerprint density at radius 2 is 2.10 bits per heavy atom. The van der Waals surface area contributed by atoms with Gasteiger partial charge in [-0.1, -0.05) is 0 Å². The van der Waals surface area contributed by atoms with Gasteiger partial charge in [-0.25, -0.2) is 14.2 Å². The fraction of sp³-hybridized carbons (Fsp3) is 0.273. The van der Waals surface area contributed by atoms with E-state index in [1.807, 2.05) is 38.1 Å². The van der Waals surface area contributed by atoms with Crippen molar-refractivity contribution in [2.24, 2.45) is 0 Å². The number of hydrogen-bond acceptors (Lipinski definition) is 5. The van der Waals surface area contributed by atoms with Crippen LogP contribution >= 0.6 is 0 Å². The van der Waals surface area contributed by atoms with E-state index in [4.69, 9.17) is 4.98 Å². The third-order valence-electron chi connectivity index (χ3n) is 5.04. The molecule has 30 heavy (non-hydrogen) atoms. The van der Waals surface area contributed by atoms with E-state index in [2.05, 4.69) is 20.6 Å². The summed E-state index contributed by atoms with van der Waals surface area (Å²) >= 11 is 0. The minimum Gasteiger partial charge on any atom is -0.382 e. The maximum absolute atomic E-state index is 13.5. The number of halogens is 1. The van der Waals surface area contributed by atoms with Crippen molar-refractivity contribution in [3.05, 3.63) is 60.4 Å². The Balaban J connectivity index is 1.73. The van der Waals surface area contributed by atoms with Gasteiger partial charge in [-0.15, -0.1) is 0 Å². The molecule has 0 radical (unpaired) electrons. The number of nitrogens with one attached hydrogen (secondary N) is 2. The lowest BCUT2D eigenvalue weighted by atomic mass is 10.1. The Kier molecular flexibility index (Phi) is 5.56. The predicted molar refractivity (Wildman–Crippen MR) is 115 cm³/mol. The number of hydrogen-bond donors (Lipinski definition) is 2. The van der Waals surface area contributed by atoms with Crippen LogP contribution in [0.2, 0.25) is 0 Å². The molecule has 2 amide bonds. The number of aromatic nitrogens is 3. The second kappa shape index (κ2) is 8.44. The molecule has 0 bridgehead atoms. The van der Waals surface area contributed by atoms with Gasteiger partial charge < -0.3 is 10.6 Å². The van der Waals surface area contributed by atoms with Crippen molar-refractivity contribution >= 4 is 23.2 Å². The fourth-order valence-corrected chi connectivity index (χ4v) is 3.47. The molecule has 0 spiro atoms. The Morgan fingerprint density at radius 1 is 1.23 bits per heavy atom. The van der Waals surface area contributed by atoms with Crippen molar-refractivity contribution in [1.29, 1.82) is 0 Å². The van der Waals surface area contributed by atoms with E-state index in [9.17, 15) is 9.18 Å². The standard InChI is InChI=1S/C22H23FN6O/c1-14-5-6-16(11-26-14)19-7-8-20-21(28-19)29(15(2)4-3-9-25-20)22(30)27-18-10-17(23)12-24-13-18/h5-8,10-13,15,25H,3-4,9H2,1-2H3,(H,27,30)/t15-/m1/s1. The third-order valence-corrected chi connectivity index (χ3v) is 5.04. The van der Waals surface area contributed by atoms with Crippen molar-refractivity contribution in [3.63, 3.8) is 0 Å². The van der Waals surface area contributed by atoms with E-state index >= 15 is 0 Å². The molecule has 3 aromatic heterocycles. The van der Waals surface area contributed by atoms with Gasteiger partial charge in [0, 0.05) is 36.1 Å². The van der Waals surface area contributed by atoms with Crippen molar-refractivity contribution in [3.8, 4) is 11.3 Å². The van der Waals surface area contributed by atoms with Crippen molar-refractivity contribution in [1.82, 2.24) is 15.0 Å². The van der Waals surface area contributed by atoms with Crippen LogP contribution in [0.1, 0.15) is 25.5 Å². The number of nitrogens with zero attached hydrogens (tertiary/aromatic N) is 4. The van der Waals surface area contributed by atoms with Crippen LogP contribution in [-0.4, -0.2) is 33.6 Å². The van der Waals surface area contributed by atoms with Crippen LogP contribution in [-0.2, 0) is 0 Å². The number of rotatable bonds is 2. The van der Waals surface area contributed by atoms with E-state index in [1.165, 1.54) is 12.3 Å². The Bertz CT molecular complexity index is 1060. The molecule has 0 aromatic carbocycles. The first-order valence-corrected chi connectivity index (χ1v) is 9.90. The lowest BCUT2D eigenvalue weighted by Crippen LogP contribution is -2.43. The topological polar surface area (TPSA) is 83.0 Å². The summed E-state index contributed by atoms with van der Waals surface area (Å²) in [5.41, 5.74) is 3.58. The van der Waals surface area contributed by atoms with Crippen LogP contribution in [0.5, 0.6) is 0 Å². The average molecular weight is 406 g/mol. The van der Waals surface area contributed by atoms with E-state index in [1.54, 1.807) is 11.1 Å². The second-order valence-electron chi connectivity index (χ2n) is 7.37. The summed E-state index contributed by atoms with van der Waals surface area (Å²) in [4.78, 5) is 27.8. The number of fused-ring (bicyclic) bond motifs is 1. The summed E-state index contributed by atoms with van der Waals surface area (Å²) in [5.74, 6) is 0.0185. The SMILES string of the molecule is Cc1ccc(-c2ccc3c(n2)N(C(=O)Nc2cncc(F)c2)[C@H](C)CCCN3)cn1. The lowest BCUT2D eigenvalue weighted by Gasteiger charge is -2.32. The van der Waals surface area contributed by atoms with E-state index in [0.717, 1.165) is 48.2 Å². The van der Waals surface area contributed by atoms with Crippen molar-refractivity contribution in [2.75, 3.05) is 22.1 Å². The molecule has 3 aromatic rings. The molecule has 0 aliphatic carbocycles. The van der Waals surface area contributed by atoms with Crippen LogP contribution in [0.4, 0.5) is 26.4 Å². The highest BCUT2D eigenvalue weighted by Crippen LogP contribution is 2.32. The smallest absolute Gasteiger partial charge is 0.327 e. The normalized spacial score (nSPS) is 16.1. The summed E-state index contributed by atoms with van der Waals surface area (Å²) in [6.45, 7) is 4.71. The van der Waals surface area contributed by atoms with E-state index in [0.29, 0.717) is 11.5 Å². The van der Waals surface area contributed by atoms with Gasteiger partial charge in [0.25, 0.3) is 0 Å². The minimum atomic E-state index is -0.511. The van der Waals surface area contributed by atoms with Gasteiger partial charge in [0.1, 0.15) is 5.82 Å². The summed E-state index contributed by atoms with van der Waals surface area (Å²) in [7, 11) is 0. The molecule has 4 rings (SSSR count). The molecular weight excluding hydrogens is 383 g/mol. The third kappa shape index (κ3) is 4.22. The molecule has 0 unspecified atom stereocenters. The van der Waals surface area contributed by atoms with Gasteiger partial charge in [0.2, 0.25) is 0 Å². The number of anilines is 3. The van der Waals surface area contributed by atoms with Crippen LogP contribution in [0.3, 0.4) is 0 Å². The highest BCUT2D eigenvalue weighted by Gasteiger charge is 2.28. The molecule has 0 fully saturated rings. The molecule has 7 nitrogen and oxygen atoms in total. The minimum absolute atomic E-state index is 0.0914. The molecular formula is C22H23FN6O. The second-order valence-corrected chi connectivity index (χ2v) is 7.37. The quantitative estimate of drug-likeness (QED) is 0.649. The maximum Gasteiger partial charge on any atom is 0.327 e. The number of aryl methyl sites for hydroxylation is 1. The van der Waals surface area contributed by atoms with Gasteiger partial charge in [-0.05, 0) is 51.0 Å². The molecule has 1 aliphatic heterocycles. The Hall–Kier alpha value is -3.55. The maximum atomic E-state index is 13.5. The molecule has 0 saturated carbocycles.